The molecule has 0 saturated carbocycles. The summed E-state index contributed by atoms with van der Waals surface area (Å²) < 4.78 is 13.6. The highest BCUT2D eigenvalue weighted by Gasteiger charge is 2.10. The van der Waals surface area contributed by atoms with Gasteiger partial charge in [-0.15, -0.1) is 0 Å². The average molecular weight is 287 g/mol. The van der Waals surface area contributed by atoms with E-state index in [0.29, 0.717) is 5.56 Å². The first-order valence-electron chi connectivity index (χ1n) is 6.87. The molecule has 0 aliphatic rings. The van der Waals surface area contributed by atoms with Gasteiger partial charge in [0, 0.05) is 12.7 Å². The summed E-state index contributed by atoms with van der Waals surface area (Å²) in [4.78, 5) is 16.2. The van der Waals surface area contributed by atoms with Gasteiger partial charge in [-0.25, -0.2) is 9.37 Å². The minimum absolute atomic E-state index is 0.174. The quantitative estimate of drug-likeness (QED) is 0.883. The van der Waals surface area contributed by atoms with Crippen LogP contribution in [0.3, 0.4) is 0 Å². The van der Waals surface area contributed by atoms with Crippen LogP contribution in [-0.2, 0) is 0 Å². The largest absolute Gasteiger partial charge is 0.370 e. The zero-order valence-corrected chi connectivity index (χ0v) is 12.1. The van der Waals surface area contributed by atoms with Gasteiger partial charge in [-0.05, 0) is 43.2 Å². The van der Waals surface area contributed by atoms with Crippen LogP contribution in [0.2, 0.25) is 0 Å². The predicted octanol–water partition coefficient (Wildman–Crippen LogP) is 3.60. The second kappa shape index (κ2) is 6.83. The Balaban J connectivity index is 2.07. The summed E-state index contributed by atoms with van der Waals surface area (Å²) in [6.07, 6.45) is 2.47. The number of carbonyl (C=O) groups is 1. The molecule has 21 heavy (non-hydrogen) atoms. The SMILES string of the molecule is CCCNc1ccc(C(=O)Nc2cc(C)ccc2F)cn1. The van der Waals surface area contributed by atoms with Crippen molar-refractivity contribution in [3.63, 3.8) is 0 Å². The molecule has 1 aromatic carbocycles. The first kappa shape index (κ1) is 15.0. The fourth-order valence-electron chi connectivity index (χ4n) is 1.82. The average Bonchev–Trinajstić information content (AvgIpc) is 2.49. The third kappa shape index (κ3) is 4.02. The summed E-state index contributed by atoms with van der Waals surface area (Å²) in [5.41, 5.74) is 1.44. The lowest BCUT2D eigenvalue weighted by Gasteiger charge is -2.08. The Kier molecular flexibility index (Phi) is 4.87. The lowest BCUT2D eigenvalue weighted by atomic mass is 10.2. The molecule has 0 bridgehead atoms. The van der Waals surface area contributed by atoms with Crippen molar-refractivity contribution in [1.29, 1.82) is 0 Å². The number of hydrogen-bond acceptors (Lipinski definition) is 3. The van der Waals surface area contributed by atoms with Crippen molar-refractivity contribution in [2.24, 2.45) is 0 Å². The molecule has 4 nitrogen and oxygen atoms in total. The van der Waals surface area contributed by atoms with Crippen LogP contribution < -0.4 is 10.6 Å². The number of pyridine rings is 1. The van der Waals surface area contributed by atoms with Crippen molar-refractivity contribution in [2.45, 2.75) is 20.3 Å². The molecule has 1 amide bonds. The number of carbonyl (C=O) groups excluding carboxylic acids is 1. The summed E-state index contributed by atoms with van der Waals surface area (Å²) in [6.45, 7) is 4.73. The van der Waals surface area contributed by atoms with Crippen molar-refractivity contribution in [3.05, 3.63) is 53.5 Å². The van der Waals surface area contributed by atoms with Crippen LogP contribution >= 0.6 is 0 Å². The number of aryl methyl sites for hydroxylation is 1. The number of halogens is 1. The van der Waals surface area contributed by atoms with Gasteiger partial charge in [0.1, 0.15) is 11.6 Å². The number of rotatable bonds is 5. The van der Waals surface area contributed by atoms with Crippen molar-refractivity contribution in [3.8, 4) is 0 Å². The van der Waals surface area contributed by atoms with E-state index in [1.807, 2.05) is 6.92 Å². The molecule has 2 aromatic rings. The highest BCUT2D eigenvalue weighted by Crippen LogP contribution is 2.17. The van der Waals surface area contributed by atoms with E-state index in [-0.39, 0.29) is 11.6 Å². The molecule has 110 valence electrons. The summed E-state index contributed by atoms with van der Waals surface area (Å²) in [7, 11) is 0. The first-order valence-corrected chi connectivity index (χ1v) is 6.87. The van der Waals surface area contributed by atoms with E-state index in [0.717, 1.165) is 24.3 Å². The molecule has 0 saturated heterocycles. The molecule has 0 radical (unpaired) electrons. The minimum atomic E-state index is -0.455. The van der Waals surface area contributed by atoms with Crippen molar-refractivity contribution in [2.75, 3.05) is 17.2 Å². The summed E-state index contributed by atoms with van der Waals surface area (Å²) >= 11 is 0. The predicted molar refractivity (Wildman–Crippen MR) is 82.1 cm³/mol. The van der Waals surface area contributed by atoms with E-state index in [1.54, 1.807) is 24.3 Å². The molecule has 1 aromatic heterocycles. The van der Waals surface area contributed by atoms with Gasteiger partial charge >= 0.3 is 0 Å². The topological polar surface area (TPSA) is 54.0 Å². The Labute approximate surface area is 123 Å². The van der Waals surface area contributed by atoms with Crippen LogP contribution in [0.1, 0.15) is 29.3 Å². The molecular weight excluding hydrogens is 269 g/mol. The van der Waals surface area contributed by atoms with E-state index in [9.17, 15) is 9.18 Å². The Bertz CT molecular complexity index is 626. The fraction of sp³-hybridized carbons (Fsp3) is 0.250. The van der Waals surface area contributed by atoms with Crippen molar-refractivity contribution >= 4 is 17.4 Å². The smallest absolute Gasteiger partial charge is 0.257 e. The number of hydrogen-bond donors (Lipinski definition) is 2. The van der Waals surface area contributed by atoms with Crippen LogP contribution in [0.25, 0.3) is 0 Å². The van der Waals surface area contributed by atoms with Gasteiger partial charge in [0.2, 0.25) is 0 Å². The monoisotopic (exact) mass is 287 g/mol. The minimum Gasteiger partial charge on any atom is -0.370 e. The van der Waals surface area contributed by atoms with Crippen LogP contribution in [-0.4, -0.2) is 17.4 Å². The van der Waals surface area contributed by atoms with E-state index in [2.05, 4.69) is 22.5 Å². The van der Waals surface area contributed by atoms with E-state index >= 15 is 0 Å². The highest BCUT2D eigenvalue weighted by molar-refractivity contribution is 6.04. The van der Waals surface area contributed by atoms with E-state index < -0.39 is 5.82 Å². The van der Waals surface area contributed by atoms with Gasteiger partial charge in [0.15, 0.2) is 0 Å². The molecule has 0 unspecified atom stereocenters. The molecule has 0 atom stereocenters. The normalized spacial score (nSPS) is 10.2. The molecule has 0 aliphatic heterocycles. The number of nitrogens with one attached hydrogen (secondary N) is 2. The van der Waals surface area contributed by atoms with Crippen molar-refractivity contribution in [1.82, 2.24) is 4.98 Å². The van der Waals surface area contributed by atoms with Gasteiger partial charge in [0.25, 0.3) is 5.91 Å². The Hall–Kier alpha value is -2.43. The molecule has 5 heteroatoms. The summed E-state index contributed by atoms with van der Waals surface area (Å²) in [5.74, 6) is -0.118. The molecule has 0 aliphatic carbocycles. The van der Waals surface area contributed by atoms with Gasteiger partial charge in [-0.2, -0.15) is 0 Å². The van der Waals surface area contributed by atoms with Gasteiger partial charge in [-0.1, -0.05) is 13.0 Å². The maximum atomic E-state index is 13.6. The fourth-order valence-corrected chi connectivity index (χ4v) is 1.82. The van der Waals surface area contributed by atoms with Crippen LogP contribution in [0, 0.1) is 12.7 Å². The maximum Gasteiger partial charge on any atom is 0.257 e. The Morgan fingerprint density at radius 2 is 2.10 bits per heavy atom. The zero-order chi connectivity index (χ0) is 15.2. The maximum absolute atomic E-state index is 13.6. The second-order valence-electron chi connectivity index (χ2n) is 4.80. The van der Waals surface area contributed by atoms with Gasteiger partial charge in [-0.3, -0.25) is 4.79 Å². The number of aromatic nitrogens is 1. The lowest BCUT2D eigenvalue weighted by molar-refractivity contribution is 0.102. The van der Waals surface area contributed by atoms with E-state index in [4.69, 9.17) is 0 Å². The van der Waals surface area contributed by atoms with Gasteiger partial charge in [0.05, 0.1) is 11.3 Å². The highest BCUT2D eigenvalue weighted by atomic mass is 19.1. The van der Waals surface area contributed by atoms with Crippen LogP contribution in [0.5, 0.6) is 0 Å². The second-order valence-corrected chi connectivity index (χ2v) is 4.80. The molecule has 0 spiro atoms. The number of nitrogens with zero attached hydrogens (tertiary/aromatic N) is 1. The third-order valence-electron chi connectivity index (χ3n) is 2.95. The zero-order valence-electron chi connectivity index (χ0n) is 12.1. The number of anilines is 2. The molecule has 2 N–H and O–H groups in total. The molecule has 0 fully saturated rings. The third-order valence-corrected chi connectivity index (χ3v) is 2.95. The molecular formula is C16H18FN3O. The van der Waals surface area contributed by atoms with Gasteiger partial charge < -0.3 is 10.6 Å². The summed E-state index contributed by atoms with van der Waals surface area (Å²) in [5, 5.41) is 5.68. The Morgan fingerprint density at radius 1 is 1.29 bits per heavy atom. The lowest BCUT2D eigenvalue weighted by Crippen LogP contribution is -2.13. The Morgan fingerprint density at radius 3 is 2.76 bits per heavy atom. The van der Waals surface area contributed by atoms with E-state index in [1.165, 1.54) is 12.3 Å². The number of amides is 1. The standard InChI is InChI=1S/C16H18FN3O/c1-3-8-18-15-7-5-12(10-19-15)16(21)20-14-9-11(2)4-6-13(14)17/h4-7,9-10H,3,8H2,1-2H3,(H,18,19)(H,20,21). The molecule has 1 heterocycles. The van der Waals surface area contributed by atoms with Crippen LogP contribution in [0.15, 0.2) is 36.5 Å². The first-order chi connectivity index (χ1) is 10.1. The molecule has 2 rings (SSSR count). The number of benzene rings is 1. The summed E-state index contributed by atoms with van der Waals surface area (Å²) in [6, 6.07) is 7.98. The van der Waals surface area contributed by atoms with Crippen LogP contribution in [0.4, 0.5) is 15.9 Å². The van der Waals surface area contributed by atoms with Crippen molar-refractivity contribution < 1.29 is 9.18 Å².